The van der Waals surface area contributed by atoms with E-state index in [9.17, 15) is 0 Å². The van der Waals surface area contributed by atoms with Gasteiger partial charge in [0.2, 0.25) is 0 Å². The van der Waals surface area contributed by atoms with Gasteiger partial charge < -0.3 is 9.47 Å². The zero-order chi connectivity index (χ0) is 12.1. The zero-order valence-electron chi connectivity index (χ0n) is 10.1. The first-order valence-electron chi connectivity index (χ1n) is 6.09. The van der Waals surface area contributed by atoms with Gasteiger partial charge in [-0.05, 0) is 30.5 Å². The molecule has 0 bridgehead atoms. The molecule has 1 aliphatic heterocycles. The van der Waals surface area contributed by atoms with Crippen LogP contribution in [0.2, 0.25) is 0 Å². The minimum atomic E-state index is -0.0692. The molecule has 0 spiro atoms. The van der Waals surface area contributed by atoms with E-state index < -0.39 is 0 Å². The lowest BCUT2D eigenvalue weighted by Gasteiger charge is -2.13. The van der Waals surface area contributed by atoms with E-state index in [4.69, 9.17) is 14.7 Å². The van der Waals surface area contributed by atoms with E-state index in [2.05, 4.69) is 13.0 Å². The molecule has 0 radical (unpaired) electrons. The van der Waals surface area contributed by atoms with E-state index >= 15 is 0 Å². The van der Waals surface area contributed by atoms with Crippen LogP contribution in [0.3, 0.4) is 0 Å². The van der Waals surface area contributed by atoms with Crippen LogP contribution in [0.25, 0.3) is 0 Å². The van der Waals surface area contributed by atoms with Crippen LogP contribution < -0.4 is 4.74 Å². The van der Waals surface area contributed by atoms with Gasteiger partial charge in [-0.1, -0.05) is 19.1 Å². The number of hydrogen-bond donors (Lipinski definition) is 0. The lowest BCUT2D eigenvalue weighted by molar-refractivity contribution is 0.101. The van der Waals surface area contributed by atoms with Gasteiger partial charge in [0.05, 0.1) is 24.7 Å². The highest BCUT2D eigenvalue weighted by molar-refractivity contribution is 5.30. The summed E-state index contributed by atoms with van der Waals surface area (Å²) in [6.07, 6.45) is 1.76. The lowest BCUT2D eigenvalue weighted by Crippen LogP contribution is -2.05. The first kappa shape index (κ1) is 11.9. The Hall–Kier alpha value is -1.53. The van der Waals surface area contributed by atoms with E-state index in [1.807, 2.05) is 24.3 Å². The highest BCUT2D eigenvalue weighted by atomic mass is 16.5. The Morgan fingerprint density at radius 1 is 1.41 bits per heavy atom. The van der Waals surface area contributed by atoms with Crippen molar-refractivity contribution in [3.63, 3.8) is 0 Å². The summed E-state index contributed by atoms with van der Waals surface area (Å²) in [5.41, 5.74) is 1.07. The van der Waals surface area contributed by atoms with E-state index in [0.29, 0.717) is 6.61 Å². The highest BCUT2D eigenvalue weighted by Crippen LogP contribution is 2.34. The monoisotopic (exact) mass is 231 g/mol. The van der Waals surface area contributed by atoms with E-state index in [1.54, 1.807) is 0 Å². The van der Waals surface area contributed by atoms with Crippen molar-refractivity contribution in [3.8, 4) is 11.8 Å². The van der Waals surface area contributed by atoms with E-state index in [1.165, 1.54) is 0 Å². The van der Waals surface area contributed by atoms with Gasteiger partial charge in [0.15, 0.2) is 0 Å². The molecule has 0 saturated carbocycles. The van der Waals surface area contributed by atoms with Crippen molar-refractivity contribution < 1.29 is 9.47 Å². The Morgan fingerprint density at radius 2 is 2.18 bits per heavy atom. The molecule has 3 heteroatoms. The summed E-state index contributed by atoms with van der Waals surface area (Å²) in [4.78, 5) is 0. The molecule has 3 nitrogen and oxygen atoms in total. The van der Waals surface area contributed by atoms with Crippen LogP contribution in [0.4, 0.5) is 0 Å². The summed E-state index contributed by atoms with van der Waals surface area (Å²) in [6, 6.07) is 10.2. The molecule has 1 saturated heterocycles. The molecule has 1 aromatic carbocycles. The molecule has 1 aromatic rings. The van der Waals surface area contributed by atoms with Crippen molar-refractivity contribution in [1.29, 1.82) is 5.26 Å². The van der Waals surface area contributed by atoms with Crippen LogP contribution >= 0.6 is 0 Å². The average molecular weight is 231 g/mol. The number of ether oxygens (including phenoxy) is 2. The third kappa shape index (κ3) is 2.78. The van der Waals surface area contributed by atoms with Crippen LogP contribution in [-0.4, -0.2) is 13.2 Å². The van der Waals surface area contributed by atoms with Gasteiger partial charge in [0.1, 0.15) is 5.75 Å². The van der Waals surface area contributed by atoms with Crippen molar-refractivity contribution >= 4 is 0 Å². The maximum atomic E-state index is 9.01. The number of benzene rings is 1. The highest BCUT2D eigenvalue weighted by Gasteiger charge is 2.29. The number of nitriles is 1. The molecule has 2 unspecified atom stereocenters. The smallest absolute Gasteiger partial charge is 0.119 e. The molecule has 0 amide bonds. The number of rotatable bonds is 4. The molecule has 1 aliphatic rings. The van der Waals surface area contributed by atoms with Crippen LogP contribution in [0.5, 0.6) is 5.75 Å². The maximum absolute atomic E-state index is 9.01. The number of nitrogens with zero attached hydrogens (tertiary/aromatic N) is 1. The van der Waals surface area contributed by atoms with Crippen LogP contribution in [0, 0.1) is 17.2 Å². The van der Waals surface area contributed by atoms with Crippen molar-refractivity contribution in [2.45, 2.75) is 25.9 Å². The van der Waals surface area contributed by atoms with Crippen LogP contribution in [-0.2, 0) is 4.74 Å². The second kappa shape index (κ2) is 5.70. The Kier molecular flexibility index (Phi) is 4.00. The van der Waals surface area contributed by atoms with E-state index in [-0.39, 0.29) is 12.0 Å². The summed E-state index contributed by atoms with van der Waals surface area (Å²) in [7, 11) is 0. The van der Waals surface area contributed by atoms with Crippen molar-refractivity contribution in [2.75, 3.05) is 13.2 Å². The van der Waals surface area contributed by atoms with Gasteiger partial charge in [-0.2, -0.15) is 5.26 Å². The minimum Gasteiger partial charge on any atom is -0.494 e. The fourth-order valence-electron chi connectivity index (χ4n) is 2.02. The first-order valence-corrected chi connectivity index (χ1v) is 6.09. The van der Waals surface area contributed by atoms with Gasteiger partial charge in [-0.15, -0.1) is 0 Å². The summed E-state index contributed by atoms with van der Waals surface area (Å²) in [6.45, 7) is 3.50. The molecule has 1 heterocycles. The minimum absolute atomic E-state index is 0.0163. The van der Waals surface area contributed by atoms with Crippen molar-refractivity contribution in [1.82, 2.24) is 0 Å². The largest absolute Gasteiger partial charge is 0.494 e. The maximum Gasteiger partial charge on any atom is 0.119 e. The third-order valence-corrected chi connectivity index (χ3v) is 2.94. The molecule has 2 rings (SSSR count). The molecular weight excluding hydrogens is 214 g/mol. The Labute approximate surface area is 102 Å². The van der Waals surface area contributed by atoms with Crippen molar-refractivity contribution in [2.24, 2.45) is 5.92 Å². The molecule has 2 atom stereocenters. The predicted octanol–water partition coefficient (Wildman–Crippen LogP) is 3.08. The van der Waals surface area contributed by atoms with Gasteiger partial charge >= 0.3 is 0 Å². The van der Waals surface area contributed by atoms with Gasteiger partial charge in [-0.3, -0.25) is 0 Å². The second-order valence-corrected chi connectivity index (χ2v) is 4.23. The molecule has 0 aliphatic carbocycles. The van der Waals surface area contributed by atoms with Crippen molar-refractivity contribution in [3.05, 3.63) is 29.8 Å². The summed E-state index contributed by atoms with van der Waals surface area (Å²) in [5.74, 6) is 0.861. The Morgan fingerprint density at radius 3 is 2.82 bits per heavy atom. The molecule has 1 fully saturated rings. The fraction of sp³-hybridized carbons (Fsp3) is 0.500. The topological polar surface area (TPSA) is 42.2 Å². The van der Waals surface area contributed by atoms with Crippen LogP contribution in [0.15, 0.2) is 24.3 Å². The van der Waals surface area contributed by atoms with Gasteiger partial charge in [-0.25, -0.2) is 0 Å². The fourth-order valence-corrected chi connectivity index (χ4v) is 2.02. The molecule has 0 aromatic heterocycles. The standard InChI is InChI=1S/C14H17NO2/c1-2-8-16-13-5-3-11(4-6-13)14-12(10-15)7-9-17-14/h3-6,12,14H,2,7-9H2,1H3. The van der Waals surface area contributed by atoms with E-state index in [0.717, 1.165) is 30.8 Å². The summed E-state index contributed by atoms with van der Waals surface area (Å²) in [5, 5.41) is 9.01. The predicted molar refractivity (Wildman–Crippen MR) is 64.6 cm³/mol. The quantitative estimate of drug-likeness (QED) is 0.799. The SMILES string of the molecule is CCCOc1ccc(C2OCCC2C#N)cc1. The summed E-state index contributed by atoms with van der Waals surface area (Å²) >= 11 is 0. The second-order valence-electron chi connectivity index (χ2n) is 4.23. The average Bonchev–Trinajstić information content (AvgIpc) is 2.85. The molecule has 17 heavy (non-hydrogen) atoms. The summed E-state index contributed by atoms with van der Waals surface area (Å²) < 4.78 is 11.1. The van der Waals surface area contributed by atoms with Gasteiger partial charge in [0.25, 0.3) is 0 Å². The Balaban J connectivity index is 2.05. The first-order chi connectivity index (χ1) is 8.35. The zero-order valence-corrected chi connectivity index (χ0v) is 10.1. The molecular formula is C14H17NO2. The normalized spacial score (nSPS) is 23.3. The van der Waals surface area contributed by atoms with Crippen LogP contribution in [0.1, 0.15) is 31.4 Å². The third-order valence-electron chi connectivity index (χ3n) is 2.94. The van der Waals surface area contributed by atoms with Gasteiger partial charge in [0, 0.05) is 6.61 Å². The lowest BCUT2D eigenvalue weighted by atomic mass is 9.97. The Bertz CT molecular complexity index is 394. The molecule has 0 N–H and O–H groups in total. The molecule has 90 valence electrons. The number of hydrogen-bond acceptors (Lipinski definition) is 3.